The molecule has 4 nitrogen and oxygen atoms in total. The number of nitrogens with zero attached hydrogens (tertiary/aromatic N) is 1. The molecule has 0 radical (unpaired) electrons. The second kappa shape index (κ2) is 6.02. The van der Waals surface area contributed by atoms with Crippen molar-refractivity contribution >= 4 is 17.5 Å². The van der Waals surface area contributed by atoms with Crippen LogP contribution in [-0.4, -0.2) is 46.8 Å². The van der Waals surface area contributed by atoms with Gasteiger partial charge in [-0.2, -0.15) is 11.8 Å². The van der Waals surface area contributed by atoms with Crippen LogP contribution in [0.1, 0.15) is 44.9 Å². The van der Waals surface area contributed by atoms with Gasteiger partial charge in [0.05, 0.1) is 23.5 Å². The first-order chi connectivity index (χ1) is 9.30. The van der Waals surface area contributed by atoms with Gasteiger partial charge in [-0.05, 0) is 44.3 Å². The first kappa shape index (κ1) is 13.7. The summed E-state index contributed by atoms with van der Waals surface area (Å²) in [6.07, 6.45) is 7.75. The van der Waals surface area contributed by atoms with E-state index in [0.717, 1.165) is 56.6 Å². The predicted octanol–water partition coefficient (Wildman–Crippen LogP) is 2.83. The van der Waals surface area contributed by atoms with Crippen LogP contribution in [0.25, 0.3) is 0 Å². The maximum Gasteiger partial charge on any atom is 0.0805 e. The van der Waals surface area contributed by atoms with Crippen molar-refractivity contribution in [3.05, 3.63) is 0 Å². The van der Waals surface area contributed by atoms with E-state index in [1.165, 1.54) is 12.2 Å². The van der Waals surface area contributed by atoms with E-state index in [2.05, 4.69) is 5.16 Å². The number of hydrogen-bond donors (Lipinski definition) is 1. The van der Waals surface area contributed by atoms with Crippen molar-refractivity contribution in [1.82, 2.24) is 0 Å². The summed E-state index contributed by atoms with van der Waals surface area (Å²) < 4.78 is 12.3. The standard InChI is InChI=1S/C14H23NO3S/c16-15-11-1-3-12(4-2-11)18-13-5-7-17-14(9-13)6-8-19-10-14/h12-13,16H,1-10H2. The Morgan fingerprint density at radius 2 is 2.11 bits per heavy atom. The van der Waals surface area contributed by atoms with Gasteiger partial charge in [-0.15, -0.1) is 0 Å². The number of oxime groups is 1. The first-order valence-electron chi connectivity index (χ1n) is 7.37. The highest BCUT2D eigenvalue weighted by Gasteiger charge is 2.41. The summed E-state index contributed by atoms with van der Waals surface area (Å²) in [5, 5.41) is 12.1. The van der Waals surface area contributed by atoms with E-state index >= 15 is 0 Å². The molecular formula is C14H23NO3S. The molecule has 0 amide bonds. The molecule has 5 heteroatoms. The summed E-state index contributed by atoms with van der Waals surface area (Å²) in [4.78, 5) is 0. The summed E-state index contributed by atoms with van der Waals surface area (Å²) >= 11 is 2.01. The molecule has 1 N–H and O–H groups in total. The summed E-state index contributed by atoms with van der Waals surface area (Å²) in [6.45, 7) is 0.849. The van der Waals surface area contributed by atoms with Crippen LogP contribution in [0, 0.1) is 0 Å². The lowest BCUT2D eigenvalue weighted by Crippen LogP contribution is -2.44. The van der Waals surface area contributed by atoms with Gasteiger partial charge in [-0.25, -0.2) is 0 Å². The van der Waals surface area contributed by atoms with Gasteiger partial charge in [-0.1, -0.05) is 5.16 Å². The average molecular weight is 285 g/mol. The Kier molecular flexibility index (Phi) is 4.34. The lowest BCUT2D eigenvalue weighted by Gasteiger charge is -2.39. The lowest BCUT2D eigenvalue weighted by atomic mass is 9.90. The molecule has 2 saturated heterocycles. The van der Waals surface area contributed by atoms with Crippen molar-refractivity contribution in [2.75, 3.05) is 18.1 Å². The zero-order valence-corrected chi connectivity index (χ0v) is 12.2. The largest absolute Gasteiger partial charge is 0.411 e. The molecule has 0 aromatic heterocycles. The zero-order valence-electron chi connectivity index (χ0n) is 11.3. The molecule has 3 fully saturated rings. The van der Waals surface area contributed by atoms with Crippen molar-refractivity contribution in [2.45, 2.75) is 62.8 Å². The van der Waals surface area contributed by atoms with Gasteiger partial charge < -0.3 is 14.7 Å². The third kappa shape index (κ3) is 3.26. The minimum atomic E-state index is 0.111. The van der Waals surface area contributed by atoms with Crippen LogP contribution in [0.3, 0.4) is 0 Å². The first-order valence-corrected chi connectivity index (χ1v) is 8.52. The monoisotopic (exact) mass is 285 g/mol. The Balaban J connectivity index is 1.50. The quantitative estimate of drug-likeness (QED) is 0.626. The van der Waals surface area contributed by atoms with Gasteiger partial charge >= 0.3 is 0 Å². The molecule has 2 atom stereocenters. The van der Waals surface area contributed by atoms with Crippen LogP contribution >= 0.6 is 11.8 Å². The molecule has 19 heavy (non-hydrogen) atoms. The van der Waals surface area contributed by atoms with E-state index in [1.807, 2.05) is 11.8 Å². The van der Waals surface area contributed by atoms with E-state index in [4.69, 9.17) is 14.7 Å². The predicted molar refractivity (Wildman–Crippen MR) is 76.2 cm³/mol. The molecule has 3 rings (SSSR count). The molecule has 3 aliphatic rings. The molecule has 2 unspecified atom stereocenters. The van der Waals surface area contributed by atoms with Crippen molar-refractivity contribution < 1.29 is 14.7 Å². The highest BCUT2D eigenvalue weighted by Crippen LogP contribution is 2.39. The van der Waals surface area contributed by atoms with E-state index in [9.17, 15) is 0 Å². The number of ether oxygens (including phenoxy) is 2. The van der Waals surface area contributed by atoms with E-state index in [1.54, 1.807) is 0 Å². The maximum absolute atomic E-state index is 8.77. The Morgan fingerprint density at radius 3 is 2.79 bits per heavy atom. The third-order valence-electron chi connectivity index (χ3n) is 4.55. The molecule has 2 heterocycles. The van der Waals surface area contributed by atoms with Crippen molar-refractivity contribution in [3.63, 3.8) is 0 Å². The SMILES string of the molecule is ON=C1CCC(OC2CCOC3(CCSC3)C2)CC1. The second-order valence-corrected chi connectivity index (χ2v) is 7.06. The number of hydrogen-bond acceptors (Lipinski definition) is 5. The van der Waals surface area contributed by atoms with Gasteiger partial charge in [0.25, 0.3) is 0 Å². The Hall–Kier alpha value is -0.260. The molecule has 1 spiro atoms. The lowest BCUT2D eigenvalue weighted by molar-refractivity contribution is -0.139. The van der Waals surface area contributed by atoms with Gasteiger partial charge in [-0.3, -0.25) is 0 Å². The Labute approximate surface area is 118 Å². The highest BCUT2D eigenvalue weighted by atomic mass is 32.2. The van der Waals surface area contributed by atoms with Gasteiger partial charge in [0.2, 0.25) is 0 Å². The van der Waals surface area contributed by atoms with Gasteiger partial charge in [0, 0.05) is 18.8 Å². The van der Waals surface area contributed by atoms with Gasteiger partial charge in [0.15, 0.2) is 0 Å². The maximum atomic E-state index is 8.77. The number of thioether (sulfide) groups is 1. The van der Waals surface area contributed by atoms with Crippen LogP contribution < -0.4 is 0 Å². The van der Waals surface area contributed by atoms with Crippen molar-refractivity contribution in [2.24, 2.45) is 5.16 Å². The van der Waals surface area contributed by atoms with Crippen LogP contribution in [0.2, 0.25) is 0 Å². The fourth-order valence-electron chi connectivity index (χ4n) is 3.40. The fourth-order valence-corrected chi connectivity index (χ4v) is 4.77. The Morgan fingerprint density at radius 1 is 1.26 bits per heavy atom. The minimum absolute atomic E-state index is 0.111. The van der Waals surface area contributed by atoms with E-state index in [0.29, 0.717) is 12.2 Å². The highest BCUT2D eigenvalue weighted by molar-refractivity contribution is 7.99. The summed E-state index contributed by atoms with van der Waals surface area (Å²) in [7, 11) is 0. The molecule has 1 aliphatic carbocycles. The van der Waals surface area contributed by atoms with Crippen LogP contribution in [0.15, 0.2) is 5.16 Å². The van der Waals surface area contributed by atoms with E-state index < -0.39 is 0 Å². The van der Waals surface area contributed by atoms with Crippen LogP contribution in [0.5, 0.6) is 0 Å². The summed E-state index contributed by atoms with van der Waals surface area (Å²) in [5.74, 6) is 2.37. The topological polar surface area (TPSA) is 51.1 Å². The number of rotatable bonds is 2. The molecule has 2 aliphatic heterocycles. The van der Waals surface area contributed by atoms with Gasteiger partial charge in [0.1, 0.15) is 0 Å². The molecular weight excluding hydrogens is 262 g/mol. The Bertz CT molecular complexity index is 332. The normalized spacial score (nSPS) is 39.7. The molecule has 0 bridgehead atoms. The van der Waals surface area contributed by atoms with Crippen LogP contribution in [-0.2, 0) is 9.47 Å². The molecule has 108 valence electrons. The van der Waals surface area contributed by atoms with E-state index in [-0.39, 0.29) is 5.60 Å². The molecule has 0 aromatic carbocycles. The third-order valence-corrected chi connectivity index (χ3v) is 5.77. The summed E-state index contributed by atoms with van der Waals surface area (Å²) in [6, 6.07) is 0. The molecule has 1 saturated carbocycles. The minimum Gasteiger partial charge on any atom is -0.411 e. The van der Waals surface area contributed by atoms with Crippen molar-refractivity contribution in [3.8, 4) is 0 Å². The average Bonchev–Trinajstić information content (AvgIpc) is 2.88. The fraction of sp³-hybridized carbons (Fsp3) is 0.929. The van der Waals surface area contributed by atoms with Crippen molar-refractivity contribution in [1.29, 1.82) is 0 Å². The second-order valence-electron chi connectivity index (χ2n) is 5.95. The smallest absolute Gasteiger partial charge is 0.0805 e. The van der Waals surface area contributed by atoms with Crippen LogP contribution in [0.4, 0.5) is 0 Å². The molecule has 0 aromatic rings. The zero-order chi connectivity index (χ0) is 13.1. The summed E-state index contributed by atoms with van der Waals surface area (Å²) in [5.41, 5.74) is 1.04.